The number of nitrogens with two attached hydrogens (primary N) is 1. The van der Waals surface area contributed by atoms with Crippen LogP contribution in [0.5, 0.6) is 11.5 Å². The first kappa shape index (κ1) is 40.1. The molecule has 268 valence electrons. The number of nitrogens with one attached hydrogen (secondary N) is 1. The summed E-state index contributed by atoms with van der Waals surface area (Å²) in [5.74, 6) is 0.714. The lowest BCUT2D eigenvalue weighted by molar-refractivity contribution is -0.131. The molecular formula is C36H61N3O8. The van der Waals surface area contributed by atoms with E-state index < -0.39 is 35.2 Å². The maximum absolute atomic E-state index is 13.5. The Morgan fingerprint density at radius 1 is 1.04 bits per heavy atom. The van der Waals surface area contributed by atoms with E-state index in [2.05, 4.69) is 25.2 Å². The van der Waals surface area contributed by atoms with Gasteiger partial charge >= 0.3 is 6.09 Å². The van der Waals surface area contributed by atoms with E-state index in [0.717, 1.165) is 18.4 Å². The number of nitrogens with zero attached hydrogens (tertiary/aromatic N) is 1. The molecule has 0 bridgehead atoms. The Morgan fingerprint density at radius 3 is 2.28 bits per heavy atom. The highest BCUT2D eigenvalue weighted by atomic mass is 16.6. The number of hydrogen-bond acceptors (Lipinski definition) is 8. The van der Waals surface area contributed by atoms with Crippen molar-refractivity contribution in [2.45, 2.75) is 106 Å². The number of benzene rings is 1. The van der Waals surface area contributed by atoms with Crippen LogP contribution in [0.3, 0.4) is 0 Å². The molecule has 0 aromatic heterocycles. The van der Waals surface area contributed by atoms with Crippen LogP contribution >= 0.6 is 0 Å². The molecule has 1 aromatic carbocycles. The van der Waals surface area contributed by atoms with Gasteiger partial charge in [0.05, 0.1) is 37.9 Å². The number of carbonyl (C=O) groups excluding carboxylic acids is 3. The summed E-state index contributed by atoms with van der Waals surface area (Å²) >= 11 is 0. The van der Waals surface area contributed by atoms with Crippen LogP contribution < -0.4 is 20.5 Å². The molecule has 0 aliphatic carbocycles. The second kappa shape index (κ2) is 17.9. The predicted molar refractivity (Wildman–Crippen MR) is 182 cm³/mol. The molecule has 0 saturated carbocycles. The standard InChI is InChI=1S/C36H61N3O8/c1-12-45-34(42)39-28(20-26(23(2)3)18-25-14-15-29(44-11)31(19-25)46-17-13-16-43-10)30(47-36(39,8)9)21-27(24(4)5)32(40)38-22-35(6,7)33(37)41/h14-15,19,23-24,26-28,30H,12-13,16-18,20-22H2,1-11H3,(H2,37,41)(H,38,40)/t26-,27-,28-,30-/m0/s1. The third kappa shape index (κ3) is 11.3. The van der Waals surface area contributed by atoms with Gasteiger partial charge in [-0.05, 0) is 89.3 Å². The molecule has 0 unspecified atom stereocenters. The van der Waals surface area contributed by atoms with Crippen LogP contribution in [0.2, 0.25) is 0 Å². The van der Waals surface area contributed by atoms with Crippen LogP contribution in [0.1, 0.15) is 87.1 Å². The highest BCUT2D eigenvalue weighted by Gasteiger charge is 2.52. The summed E-state index contributed by atoms with van der Waals surface area (Å²) in [4.78, 5) is 40.6. The zero-order valence-corrected chi connectivity index (χ0v) is 30.6. The molecule has 3 N–H and O–H groups in total. The first-order chi connectivity index (χ1) is 22.0. The van der Waals surface area contributed by atoms with Crippen molar-refractivity contribution in [3.05, 3.63) is 23.8 Å². The minimum Gasteiger partial charge on any atom is -0.493 e. The van der Waals surface area contributed by atoms with Gasteiger partial charge in [-0.2, -0.15) is 0 Å². The van der Waals surface area contributed by atoms with Crippen LogP contribution in [0.4, 0.5) is 4.79 Å². The van der Waals surface area contributed by atoms with Crippen LogP contribution in [0, 0.1) is 29.1 Å². The minimum absolute atomic E-state index is 0.0156. The Labute approximate surface area is 282 Å². The molecule has 47 heavy (non-hydrogen) atoms. The van der Waals surface area contributed by atoms with Crippen LogP contribution in [-0.4, -0.2) is 81.3 Å². The van der Waals surface area contributed by atoms with Crippen molar-refractivity contribution in [1.29, 1.82) is 0 Å². The van der Waals surface area contributed by atoms with Gasteiger partial charge in [-0.1, -0.05) is 33.8 Å². The van der Waals surface area contributed by atoms with Crippen molar-refractivity contribution in [1.82, 2.24) is 10.2 Å². The van der Waals surface area contributed by atoms with Gasteiger partial charge in [0, 0.05) is 32.6 Å². The number of amides is 3. The Morgan fingerprint density at radius 2 is 1.72 bits per heavy atom. The van der Waals surface area contributed by atoms with Gasteiger partial charge in [-0.15, -0.1) is 0 Å². The van der Waals surface area contributed by atoms with Crippen molar-refractivity contribution >= 4 is 17.9 Å². The van der Waals surface area contributed by atoms with Gasteiger partial charge in [0.2, 0.25) is 11.8 Å². The largest absolute Gasteiger partial charge is 0.493 e. The zero-order valence-electron chi connectivity index (χ0n) is 30.6. The first-order valence-corrected chi connectivity index (χ1v) is 17.0. The monoisotopic (exact) mass is 663 g/mol. The molecule has 11 heteroatoms. The quantitative estimate of drug-likeness (QED) is 0.183. The Kier molecular flexibility index (Phi) is 15.3. The van der Waals surface area contributed by atoms with E-state index in [1.54, 1.807) is 39.9 Å². The Bertz CT molecular complexity index is 1170. The summed E-state index contributed by atoms with van der Waals surface area (Å²) in [6.07, 6.45) is 1.69. The van der Waals surface area contributed by atoms with Crippen molar-refractivity contribution in [3.8, 4) is 11.5 Å². The van der Waals surface area contributed by atoms with Gasteiger partial charge in [0.15, 0.2) is 11.5 Å². The second-order valence-corrected chi connectivity index (χ2v) is 14.4. The Balaban J connectivity index is 2.40. The van der Waals surface area contributed by atoms with Crippen molar-refractivity contribution in [2.75, 3.05) is 40.6 Å². The van der Waals surface area contributed by atoms with Gasteiger partial charge in [0.25, 0.3) is 0 Å². The maximum Gasteiger partial charge on any atom is 0.412 e. The maximum atomic E-state index is 13.5. The number of hydrogen-bond donors (Lipinski definition) is 2. The zero-order chi connectivity index (χ0) is 35.5. The molecule has 1 saturated heterocycles. The average molecular weight is 664 g/mol. The van der Waals surface area contributed by atoms with Crippen LogP contribution in [-0.2, 0) is 30.2 Å². The predicted octanol–water partition coefficient (Wildman–Crippen LogP) is 5.57. The van der Waals surface area contributed by atoms with E-state index in [4.69, 9.17) is 29.4 Å². The molecule has 11 nitrogen and oxygen atoms in total. The molecule has 1 heterocycles. The van der Waals surface area contributed by atoms with E-state index in [0.29, 0.717) is 37.6 Å². The molecule has 3 amide bonds. The minimum atomic E-state index is -0.946. The summed E-state index contributed by atoms with van der Waals surface area (Å²) < 4.78 is 28.9. The SMILES string of the molecule is CCOC(=O)N1[C@@H](C[C@H](Cc2ccc(OC)c(OCCCOC)c2)C(C)C)[C@H](C[C@H](C(=O)NCC(C)(C)C(N)=O)C(C)C)OC1(C)C. The number of ether oxygens (including phenoxy) is 5. The lowest BCUT2D eigenvalue weighted by atomic mass is 9.80. The van der Waals surface area contributed by atoms with Crippen molar-refractivity contribution in [2.24, 2.45) is 34.8 Å². The van der Waals surface area contributed by atoms with Crippen molar-refractivity contribution in [3.63, 3.8) is 0 Å². The molecule has 2 rings (SSSR count). The number of primary amides is 1. The molecule has 4 atom stereocenters. The van der Waals surface area contributed by atoms with E-state index in [-0.39, 0.29) is 42.9 Å². The topological polar surface area (TPSA) is 139 Å². The molecular weight excluding hydrogens is 602 g/mol. The summed E-state index contributed by atoms with van der Waals surface area (Å²) in [6, 6.07) is 5.68. The van der Waals surface area contributed by atoms with E-state index in [1.165, 1.54) is 0 Å². The molecule has 0 spiro atoms. The van der Waals surface area contributed by atoms with Crippen LogP contribution in [0.25, 0.3) is 0 Å². The summed E-state index contributed by atoms with van der Waals surface area (Å²) in [6.45, 7) is 18.8. The van der Waals surface area contributed by atoms with Gasteiger partial charge in [-0.3, -0.25) is 14.5 Å². The second-order valence-electron chi connectivity index (χ2n) is 14.4. The third-order valence-corrected chi connectivity index (χ3v) is 9.21. The van der Waals surface area contributed by atoms with E-state index >= 15 is 0 Å². The lowest BCUT2D eigenvalue weighted by Gasteiger charge is -2.35. The summed E-state index contributed by atoms with van der Waals surface area (Å²) in [7, 11) is 3.30. The molecule has 1 aliphatic heterocycles. The highest BCUT2D eigenvalue weighted by molar-refractivity contribution is 5.83. The fourth-order valence-corrected chi connectivity index (χ4v) is 6.09. The normalized spacial score (nSPS) is 19.0. The molecule has 1 fully saturated rings. The number of methoxy groups -OCH3 is 2. The fourth-order valence-electron chi connectivity index (χ4n) is 6.09. The number of carbonyl (C=O) groups is 3. The van der Waals surface area contributed by atoms with E-state index in [9.17, 15) is 14.4 Å². The van der Waals surface area contributed by atoms with Gasteiger partial charge in [0.1, 0.15) is 5.72 Å². The molecule has 1 aliphatic rings. The Hall–Kier alpha value is -3.05. The van der Waals surface area contributed by atoms with Crippen molar-refractivity contribution < 1.29 is 38.1 Å². The van der Waals surface area contributed by atoms with Gasteiger partial charge < -0.3 is 34.7 Å². The fraction of sp³-hybridized carbons (Fsp3) is 0.750. The smallest absolute Gasteiger partial charge is 0.412 e. The summed E-state index contributed by atoms with van der Waals surface area (Å²) in [5.41, 5.74) is 4.81. The first-order valence-electron chi connectivity index (χ1n) is 17.0. The highest BCUT2D eigenvalue weighted by Crippen LogP contribution is 2.41. The van der Waals surface area contributed by atoms with Crippen LogP contribution in [0.15, 0.2) is 18.2 Å². The number of rotatable bonds is 19. The third-order valence-electron chi connectivity index (χ3n) is 9.21. The van der Waals surface area contributed by atoms with Gasteiger partial charge in [-0.25, -0.2) is 4.79 Å². The summed E-state index contributed by atoms with van der Waals surface area (Å²) in [5, 5.41) is 2.95. The molecule has 0 radical (unpaired) electrons. The molecule has 1 aromatic rings. The lowest BCUT2D eigenvalue weighted by Crippen LogP contribution is -2.50. The van der Waals surface area contributed by atoms with E-state index in [1.807, 2.05) is 39.8 Å². The average Bonchev–Trinajstić information content (AvgIpc) is 3.24.